The molecule has 0 spiro atoms. The molecule has 4 rings (SSSR count). The minimum atomic E-state index is -1.01. The van der Waals surface area contributed by atoms with Gasteiger partial charge in [-0.1, -0.05) is 23.5 Å². The van der Waals surface area contributed by atoms with Crippen molar-refractivity contribution >= 4 is 32.6 Å². The SMILES string of the molecule is O=C(NCC1CCN(c2nc3ccccc3s2)CC1)c1ccc(F)c(F)c1. The number of aromatic nitrogens is 1. The van der Waals surface area contributed by atoms with Crippen molar-refractivity contribution in [2.75, 3.05) is 24.5 Å². The summed E-state index contributed by atoms with van der Waals surface area (Å²) in [7, 11) is 0. The van der Waals surface area contributed by atoms with E-state index in [2.05, 4.69) is 16.3 Å². The number of nitrogens with one attached hydrogen (secondary N) is 1. The Morgan fingerprint density at radius 1 is 1.15 bits per heavy atom. The van der Waals surface area contributed by atoms with Crippen LogP contribution in [0.1, 0.15) is 23.2 Å². The van der Waals surface area contributed by atoms with Crippen molar-refractivity contribution in [3.63, 3.8) is 0 Å². The molecule has 0 saturated carbocycles. The summed E-state index contributed by atoms with van der Waals surface area (Å²) in [5, 5.41) is 3.87. The molecule has 3 aromatic rings. The molecule has 0 radical (unpaired) electrons. The number of carbonyl (C=O) groups excluding carboxylic acids is 1. The molecule has 140 valence electrons. The molecule has 1 aromatic heterocycles. The molecule has 1 saturated heterocycles. The van der Waals surface area contributed by atoms with Gasteiger partial charge in [-0.25, -0.2) is 13.8 Å². The van der Waals surface area contributed by atoms with Crippen LogP contribution < -0.4 is 10.2 Å². The van der Waals surface area contributed by atoms with Crippen LogP contribution in [-0.4, -0.2) is 30.5 Å². The standard InChI is InChI=1S/C20H19F2N3OS/c21-15-6-5-14(11-16(15)22)19(26)23-12-13-7-9-25(10-8-13)20-24-17-3-1-2-4-18(17)27-20/h1-6,11,13H,7-10,12H2,(H,23,26). The maximum atomic E-state index is 13.3. The van der Waals surface area contributed by atoms with Gasteiger partial charge in [0.1, 0.15) is 0 Å². The van der Waals surface area contributed by atoms with Gasteiger partial charge in [0.15, 0.2) is 16.8 Å². The van der Waals surface area contributed by atoms with E-state index in [4.69, 9.17) is 4.98 Å². The Bertz CT molecular complexity index is 934. The molecule has 1 aliphatic rings. The zero-order chi connectivity index (χ0) is 18.8. The van der Waals surface area contributed by atoms with Gasteiger partial charge < -0.3 is 10.2 Å². The van der Waals surface area contributed by atoms with E-state index in [0.29, 0.717) is 12.5 Å². The van der Waals surface area contributed by atoms with Crippen LogP contribution in [0, 0.1) is 17.6 Å². The number of anilines is 1. The lowest BCUT2D eigenvalue weighted by Crippen LogP contribution is -2.38. The highest BCUT2D eigenvalue weighted by atomic mass is 32.1. The third-order valence-corrected chi connectivity index (χ3v) is 6.00. The Morgan fingerprint density at radius 2 is 1.93 bits per heavy atom. The predicted octanol–water partition coefficient (Wildman–Crippen LogP) is 4.22. The second kappa shape index (κ2) is 7.60. The Labute approximate surface area is 159 Å². The highest BCUT2D eigenvalue weighted by molar-refractivity contribution is 7.22. The number of hydrogen-bond acceptors (Lipinski definition) is 4. The molecule has 2 heterocycles. The topological polar surface area (TPSA) is 45.2 Å². The number of carbonyl (C=O) groups is 1. The molecular formula is C20H19F2N3OS. The predicted molar refractivity (Wildman–Crippen MR) is 103 cm³/mol. The van der Waals surface area contributed by atoms with E-state index in [1.165, 1.54) is 10.8 Å². The maximum absolute atomic E-state index is 13.3. The number of para-hydroxylation sites is 1. The molecule has 2 aromatic carbocycles. The van der Waals surface area contributed by atoms with Gasteiger partial charge in [-0.05, 0) is 49.1 Å². The van der Waals surface area contributed by atoms with Crippen molar-refractivity contribution in [2.45, 2.75) is 12.8 Å². The normalized spacial score (nSPS) is 15.3. The van der Waals surface area contributed by atoms with Gasteiger partial charge >= 0.3 is 0 Å². The molecule has 0 atom stereocenters. The summed E-state index contributed by atoms with van der Waals surface area (Å²) < 4.78 is 27.4. The zero-order valence-corrected chi connectivity index (χ0v) is 15.4. The highest BCUT2D eigenvalue weighted by Crippen LogP contribution is 2.31. The molecular weight excluding hydrogens is 368 g/mol. The number of benzene rings is 2. The summed E-state index contributed by atoms with van der Waals surface area (Å²) in [6.07, 6.45) is 1.90. The summed E-state index contributed by atoms with van der Waals surface area (Å²) in [5.74, 6) is -1.96. The largest absolute Gasteiger partial charge is 0.352 e. The van der Waals surface area contributed by atoms with E-state index in [1.54, 1.807) is 11.3 Å². The Morgan fingerprint density at radius 3 is 2.67 bits per heavy atom. The molecule has 7 heteroatoms. The Hall–Kier alpha value is -2.54. The third-order valence-electron chi connectivity index (χ3n) is 4.90. The fraction of sp³-hybridized carbons (Fsp3) is 0.300. The fourth-order valence-corrected chi connectivity index (χ4v) is 4.32. The number of hydrogen-bond donors (Lipinski definition) is 1. The molecule has 1 amide bonds. The minimum Gasteiger partial charge on any atom is -0.352 e. The number of thiazole rings is 1. The summed E-state index contributed by atoms with van der Waals surface area (Å²) in [6, 6.07) is 11.3. The van der Waals surface area contributed by atoms with Gasteiger partial charge in [0.05, 0.1) is 10.2 Å². The summed E-state index contributed by atoms with van der Waals surface area (Å²) in [5.41, 5.74) is 1.17. The number of rotatable bonds is 4. The van der Waals surface area contributed by atoms with Crippen LogP contribution in [0.5, 0.6) is 0 Å². The smallest absolute Gasteiger partial charge is 0.251 e. The number of fused-ring (bicyclic) bond motifs is 1. The summed E-state index contributed by atoms with van der Waals surface area (Å²) in [4.78, 5) is 19.1. The van der Waals surface area contributed by atoms with Crippen molar-refractivity contribution in [1.29, 1.82) is 0 Å². The first kappa shape index (κ1) is 17.9. The monoisotopic (exact) mass is 387 g/mol. The van der Waals surface area contributed by atoms with E-state index < -0.39 is 11.6 Å². The van der Waals surface area contributed by atoms with Gasteiger partial charge in [0.25, 0.3) is 5.91 Å². The van der Waals surface area contributed by atoms with Crippen molar-refractivity contribution in [1.82, 2.24) is 10.3 Å². The van der Waals surface area contributed by atoms with Crippen molar-refractivity contribution in [2.24, 2.45) is 5.92 Å². The average molecular weight is 387 g/mol. The van der Waals surface area contributed by atoms with E-state index in [0.717, 1.165) is 48.7 Å². The van der Waals surface area contributed by atoms with Crippen LogP contribution in [0.15, 0.2) is 42.5 Å². The zero-order valence-electron chi connectivity index (χ0n) is 14.6. The van der Waals surface area contributed by atoms with E-state index in [9.17, 15) is 13.6 Å². The van der Waals surface area contributed by atoms with Crippen LogP contribution in [0.3, 0.4) is 0 Å². The maximum Gasteiger partial charge on any atom is 0.251 e. The highest BCUT2D eigenvalue weighted by Gasteiger charge is 2.22. The first-order valence-electron chi connectivity index (χ1n) is 8.94. The van der Waals surface area contributed by atoms with Crippen LogP contribution >= 0.6 is 11.3 Å². The number of nitrogens with zero attached hydrogens (tertiary/aromatic N) is 2. The van der Waals surface area contributed by atoms with Gasteiger partial charge in [-0.2, -0.15) is 0 Å². The lowest BCUT2D eigenvalue weighted by Gasteiger charge is -2.31. The number of amides is 1. The van der Waals surface area contributed by atoms with E-state index in [1.807, 2.05) is 18.2 Å². The first-order valence-corrected chi connectivity index (χ1v) is 9.75. The van der Waals surface area contributed by atoms with Crippen molar-refractivity contribution in [3.8, 4) is 0 Å². The van der Waals surface area contributed by atoms with Crippen LogP contribution in [0.4, 0.5) is 13.9 Å². The van der Waals surface area contributed by atoms with Gasteiger partial charge in [-0.15, -0.1) is 0 Å². The summed E-state index contributed by atoms with van der Waals surface area (Å²) >= 11 is 1.70. The van der Waals surface area contributed by atoms with Gasteiger partial charge in [-0.3, -0.25) is 4.79 Å². The first-order chi connectivity index (χ1) is 13.1. The quantitative estimate of drug-likeness (QED) is 0.729. The molecule has 0 unspecified atom stereocenters. The third kappa shape index (κ3) is 3.93. The summed E-state index contributed by atoms with van der Waals surface area (Å²) in [6.45, 7) is 2.32. The molecule has 0 aliphatic carbocycles. The van der Waals surface area contributed by atoms with E-state index in [-0.39, 0.29) is 11.5 Å². The molecule has 4 nitrogen and oxygen atoms in total. The molecule has 1 fully saturated rings. The Kier molecular flexibility index (Phi) is 5.03. The average Bonchev–Trinajstić information content (AvgIpc) is 3.13. The molecule has 27 heavy (non-hydrogen) atoms. The Balaban J connectivity index is 1.30. The second-order valence-corrected chi connectivity index (χ2v) is 7.74. The van der Waals surface area contributed by atoms with Crippen LogP contribution in [0.2, 0.25) is 0 Å². The van der Waals surface area contributed by atoms with Crippen molar-refractivity contribution in [3.05, 3.63) is 59.7 Å². The van der Waals surface area contributed by atoms with Gasteiger partial charge in [0, 0.05) is 25.2 Å². The van der Waals surface area contributed by atoms with E-state index >= 15 is 0 Å². The minimum absolute atomic E-state index is 0.140. The lowest BCUT2D eigenvalue weighted by atomic mass is 9.97. The second-order valence-electron chi connectivity index (χ2n) is 6.73. The lowest BCUT2D eigenvalue weighted by molar-refractivity contribution is 0.0944. The molecule has 1 N–H and O–H groups in total. The van der Waals surface area contributed by atoms with Crippen LogP contribution in [-0.2, 0) is 0 Å². The van der Waals surface area contributed by atoms with Gasteiger partial charge in [0.2, 0.25) is 0 Å². The van der Waals surface area contributed by atoms with Crippen molar-refractivity contribution < 1.29 is 13.6 Å². The molecule has 0 bridgehead atoms. The molecule has 1 aliphatic heterocycles. The number of piperidine rings is 1. The number of halogens is 2. The fourth-order valence-electron chi connectivity index (χ4n) is 3.30. The van der Waals surface area contributed by atoms with Crippen LogP contribution in [0.25, 0.3) is 10.2 Å².